The van der Waals surface area contributed by atoms with Gasteiger partial charge < -0.3 is 25.5 Å². The van der Waals surface area contributed by atoms with Crippen LogP contribution in [0.4, 0.5) is 13.2 Å². The number of nitrogens with zero attached hydrogens (tertiary/aromatic N) is 2. The molecule has 1 aliphatic heterocycles. The molecule has 2 rings (SSSR count). The zero-order chi connectivity index (χ0) is 29.5. The fourth-order valence-corrected chi connectivity index (χ4v) is 4.73. The van der Waals surface area contributed by atoms with Gasteiger partial charge in [0.25, 0.3) is 0 Å². The van der Waals surface area contributed by atoms with E-state index in [0.717, 1.165) is 24.7 Å². The predicted molar refractivity (Wildman–Crippen MR) is 134 cm³/mol. The quantitative estimate of drug-likeness (QED) is 0.380. The summed E-state index contributed by atoms with van der Waals surface area (Å²) in [6.07, 6.45) is -4.76. The number of carbonyl (C=O) groups is 5. The number of hydrogen-bond acceptors (Lipinski definition) is 5. The first-order valence-electron chi connectivity index (χ1n) is 12.6. The summed E-state index contributed by atoms with van der Waals surface area (Å²) in [5.74, 6) is -6.60. The molecular formula is C26H35F3N4O6. The molecule has 1 aromatic rings. The zero-order valence-corrected chi connectivity index (χ0v) is 22.4. The summed E-state index contributed by atoms with van der Waals surface area (Å²) in [4.78, 5) is 65.7. The standard InChI is InChI=1S/C26H35F3N4O6/c1-16(2)20(21(36)30-18(14-19(34)35)22(37)33-12-8-9-13-33)32(4)24(39)25(3,31-23(38)26(27,28)29)15-17-10-6-5-7-11-17/h5-7,10-11,16,18,20H,8-9,12-15H2,1-4H3,(H,30,36)(H,31,38)(H,34,35)/t18-,20-,25-/m0/s1. The van der Waals surface area contributed by atoms with Crippen molar-refractivity contribution in [2.45, 2.75) is 70.3 Å². The number of alkyl halides is 3. The molecule has 1 fully saturated rings. The minimum atomic E-state index is -5.26. The number of carboxylic acid groups (broad SMARTS) is 1. The van der Waals surface area contributed by atoms with E-state index in [0.29, 0.717) is 18.7 Å². The molecule has 0 unspecified atom stereocenters. The fraction of sp³-hybridized carbons (Fsp3) is 0.577. The molecule has 1 saturated heterocycles. The fourth-order valence-electron chi connectivity index (χ4n) is 4.73. The largest absolute Gasteiger partial charge is 0.481 e. The van der Waals surface area contributed by atoms with E-state index in [1.165, 1.54) is 11.9 Å². The molecule has 216 valence electrons. The number of halogens is 3. The number of rotatable bonds is 11. The van der Waals surface area contributed by atoms with E-state index in [2.05, 4.69) is 5.32 Å². The van der Waals surface area contributed by atoms with Crippen LogP contribution in [-0.4, -0.2) is 88.4 Å². The third-order valence-corrected chi connectivity index (χ3v) is 6.57. The van der Waals surface area contributed by atoms with Crippen molar-refractivity contribution in [1.82, 2.24) is 20.4 Å². The van der Waals surface area contributed by atoms with Crippen LogP contribution in [0.25, 0.3) is 0 Å². The SMILES string of the molecule is CC(C)[C@@H](C(=O)N[C@@H](CC(=O)O)C(=O)N1CCCC1)N(C)C(=O)[C@](C)(Cc1ccccc1)NC(=O)C(F)(F)F. The zero-order valence-electron chi connectivity index (χ0n) is 22.4. The minimum absolute atomic E-state index is 0.305. The van der Waals surface area contributed by atoms with Gasteiger partial charge in [-0.25, -0.2) is 0 Å². The monoisotopic (exact) mass is 556 g/mol. The molecule has 1 aliphatic rings. The molecule has 1 aromatic carbocycles. The number of nitrogens with one attached hydrogen (secondary N) is 2. The van der Waals surface area contributed by atoms with Crippen LogP contribution in [0.3, 0.4) is 0 Å². The summed E-state index contributed by atoms with van der Waals surface area (Å²) in [5.41, 5.74) is -1.63. The topological polar surface area (TPSA) is 136 Å². The number of likely N-dealkylation sites (tertiary alicyclic amines) is 1. The molecule has 1 heterocycles. The normalized spacial score (nSPS) is 16.7. The van der Waals surface area contributed by atoms with Gasteiger partial charge in [0.05, 0.1) is 6.42 Å². The summed E-state index contributed by atoms with van der Waals surface area (Å²) >= 11 is 0. The summed E-state index contributed by atoms with van der Waals surface area (Å²) in [7, 11) is 1.21. The highest BCUT2D eigenvalue weighted by molar-refractivity contribution is 5.97. The lowest BCUT2D eigenvalue weighted by Crippen LogP contribution is -2.64. The van der Waals surface area contributed by atoms with Crippen molar-refractivity contribution in [3.05, 3.63) is 35.9 Å². The number of aliphatic carboxylic acids is 1. The Balaban J connectivity index is 2.36. The van der Waals surface area contributed by atoms with E-state index >= 15 is 0 Å². The van der Waals surface area contributed by atoms with Crippen LogP contribution >= 0.6 is 0 Å². The van der Waals surface area contributed by atoms with Crippen molar-refractivity contribution < 1.29 is 42.3 Å². The summed E-state index contributed by atoms with van der Waals surface area (Å²) in [6.45, 7) is 5.17. The highest BCUT2D eigenvalue weighted by Gasteiger charge is 2.48. The Morgan fingerprint density at radius 3 is 2.10 bits per heavy atom. The number of carbonyl (C=O) groups excluding carboxylic acids is 4. The Labute approximate surface area is 224 Å². The maximum Gasteiger partial charge on any atom is 0.471 e. The van der Waals surface area contributed by atoms with Crippen LogP contribution in [0, 0.1) is 5.92 Å². The highest BCUT2D eigenvalue weighted by Crippen LogP contribution is 2.23. The number of carboxylic acids is 1. The van der Waals surface area contributed by atoms with Gasteiger partial charge in [0.15, 0.2) is 0 Å². The molecule has 0 aliphatic carbocycles. The lowest BCUT2D eigenvalue weighted by Gasteiger charge is -2.38. The Morgan fingerprint density at radius 1 is 1.05 bits per heavy atom. The summed E-state index contributed by atoms with van der Waals surface area (Å²) < 4.78 is 39.5. The van der Waals surface area contributed by atoms with Gasteiger partial charge in [-0.1, -0.05) is 44.2 Å². The maximum absolute atomic E-state index is 13.7. The molecule has 10 nitrogen and oxygen atoms in total. The van der Waals surface area contributed by atoms with Crippen LogP contribution in [0.5, 0.6) is 0 Å². The van der Waals surface area contributed by atoms with Crippen molar-refractivity contribution in [2.24, 2.45) is 5.92 Å². The Morgan fingerprint density at radius 2 is 1.62 bits per heavy atom. The summed E-state index contributed by atoms with van der Waals surface area (Å²) in [5, 5.41) is 13.5. The number of amides is 4. The predicted octanol–water partition coefficient (Wildman–Crippen LogP) is 1.73. The smallest absolute Gasteiger partial charge is 0.471 e. The Hall–Kier alpha value is -3.64. The molecule has 39 heavy (non-hydrogen) atoms. The molecule has 13 heteroatoms. The van der Waals surface area contributed by atoms with Crippen molar-refractivity contribution in [1.29, 1.82) is 0 Å². The molecular weight excluding hydrogens is 521 g/mol. The van der Waals surface area contributed by atoms with Gasteiger partial charge in [-0.15, -0.1) is 0 Å². The average Bonchev–Trinajstić information content (AvgIpc) is 3.37. The van der Waals surface area contributed by atoms with Crippen molar-refractivity contribution in [3.8, 4) is 0 Å². The lowest BCUT2D eigenvalue weighted by atomic mass is 9.89. The van der Waals surface area contributed by atoms with Gasteiger partial charge >= 0.3 is 18.1 Å². The van der Waals surface area contributed by atoms with Crippen molar-refractivity contribution in [3.63, 3.8) is 0 Å². The molecule has 3 atom stereocenters. The van der Waals surface area contributed by atoms with Gasteiger partial charge in [-0.05, 0) is 31.2 Å². The molecule has 0 radical (unpaired) electrons. The molecule has 0 saturated carbocycles. The second-order valence-electron chi connectivity index (χ2n) is 10.2. The minimum Gasteiger partial charge on any atom is -0.481 e. The van der Waals surface area contributed by atoms with Gasteiger partial charge in [0, 0.05) is 26.6 Å². The third-order valence-electron chi connectivity index (χ3n) is 6.57. The van der Waals surface area contributed by atoms with Crippen LogP contribution in [0.2, 0.25) is 0 Å². The van der Waals surface area contributed by atoms with Crippen LogP contribution in [-0.2, 0) is 30.4 Å². The number of likely N-dealkylation sites (N-methyl/N-ethyl adjacent to an activating group) is 1. The van der Waals surface area contributed by atoms with E-state index < -0.39 is 65.7 Å². The first-order chi connectivity index (χ1) is 18.1. The van der Waals surface area contributed by atoms with Crippen LogP contribution in [0.1, 0.15) is 45.6 Å². The lowest BCUT2D eigenvalue weighted by molar-refractivity contribution is -0.177. The maximum atomic E-state index is 13.7. The molecule has 4 amide bonds. The van der Waals surface area contributed by atoms with Crippen LogP contribution in [0.15, 0.2) is 30.3 Å². The first kappa shape index (κ1) is 31.6. The molecule has 0 aromatic heterocycles. The highest BCUT2D eigenvalue weighted by atomic mass is 19.4. The van der Waals surface area contributed by atoms with Crippen molar-refractivity contribution >= 4 is 29.6 Å². The van der Waals surface area contributed by atoms with E-state index in [9.17, 15) is 42.3 Å². The second kappa shape index (κ2) is 12.9. The number of benzene rings is 1. The van der Waals surface area contributed by atoms with Crippen molar-refractivity contribution in [2.75, 3.05) is 20.1 Å². The van der Waals surface area contributed by atoms with Gasteiger partial charge in [0.1, 0.15) is 17.6 Å². The van der Waals surface area contributed by atoms with Gasteiger partial charge in [-0.2, -0.15) is 13.2 Å². The van der Waals surface area contributed by atoms with E-state index in [1.54, 1.807) is 49.5 Å². The summed E-state index contributed by atoms with van der Waals surface area (Å²) in [6, 6.07) is 5.41. The van der Waals surface area contributed by atoms with Crippen LogP contribution < -0.4 is 10.6 Å². The van der Waals surface area contributed by atoms with Gasteiger partial charge in [0.2, 0.25) is 17.7 Å². The average molecular weight is 557 g/mol. The molecule has 0 bridgehead atoms. The van der Waals surface area contributed by atoms with E-state index in [4.69, 9.17) is 0 Å². The van der Waals surface area contributed by atoms with E-state index in [1.807, 2.05) is 0 Å². The third kappa shape index (κ3) is 8.42. The first-order valence-corrected chi connectivity index (χ1v) is 12.6. The Bertz CT molecular complexity index is 1060. The van der Waals surface area contributed by atoms with Gasteiger partial charge in [-0.3, -0.25) is 24.0 Å². The second-order valence-corrected chi connectivity index (χ2v) is 10.2. The van der Waals surface area contributed by atoms with E-state index in [-0.39, 0.29) is 6.42 Å². The molecule has 3 N–H and O–H groups in total. The molecule has 0 spiro atoms. The number of hydrogen-bond donors (Lipinski definition) is 3. The Kier molecular flexibility index (Phi) is 10.5.